The maximum Gasteiger partial charge on any atom is 0.135 e. The summed E-state index contributed by atoms with van der Waals surface area (Å²) in [5.74, 6) is 0. The van der Waals surface area contributed by atoms with Crippen molar-refractivity contribution in [2.45, 2.75) is 0 Å². The van der Waals surface area contributed by atoms with E-state index in [2.05, 4.69) is 216 Å². The first-order valence-corrected chi connectivity index (χ1v) is 21.0. The van der Waals surface area contributed by atoms with E-state index in [1.165, 1.54) is 10.8 Å². The van der Waals surface area contributed by atoms with Crippen LogP contribution in [-0.4, -0.2) is 0 Å². The Balaban J connectivity index is 0.991. The molecule has 0 bridgehead atoms. The topological polar surface area (TPSA) is 32.8 Å². The third kappa shape index (κ3) is 6.16. The molecular formula is C58H38N2O2. The molecule has 2 heterocycles. The fourth-order valence-electron chi connectivity index (χ4n) is 9.04. The van der Waals surface area contributed by atoms with Crippen LogP contribution in [0.1, 0.15) is 0 Å². The van der Waals surface area contributed by atoms with Crippen LogP contribution >= 0.6 is 0 Å². The van der Waals surface area contributed by atoms with E-state index in [-0.39, 0.29) is 0 Å². The monoisotopic (exact) mass is 794 g/mol. The Morgan fingerprint density at radius 2 is 0.742 bits per heavy atom. The van der Waals surface area contributed by atoms with Gasteiger partial charge in [-0.2, -0.15) is 0 Å². The molecular weight excluding hydrogens is 757 g/mol. The average Bonchev–Trinajstić information content (AvgIpc) is 3.91. The quantitative estimate of drug-likeness (QED) is 0.153. The van der Waals surface area contributed by atoms with Crippen LogP contribution in [0.25, 0.3) is 76.9 Å². The molecule has 62 heavy (non-hydrogen) atoms. The van der Waals surface area contributed by atoms with Crippen LogP contribution in [0.5, 0.6) is 0 Å². The summed E-state index contributed by atoms with van der Waals surface area (Å²) in [4.78, 5) is 4.70. The fraction of sp³-hybridized carbons (Fsp3) is 0. The lowest BCUT2D eigenvalue weighted by Crippen LogP contribution is -2.11. The number of anilines is 6. The van der Waals surface area contributed by atoms with E-state index in [1.54, 1.807) is 0 Å². The highest BCUT2D eigenvalue weighted by Gasteiger charge is 2.21. The lowest BCUT2D eigenvalue weighted by Gasteiger charge is -2.29. The van der Waals surface area contributed by atoms with Gasteiger partial charge in [0.15, 0.2) is 0 Å². The predicted octanol–water partition coefficient (Wildman–Crippen LogP) is 16.9. The molecule has 12 rings (SSSR count). The third-order valence-corrected chi connectivity index (χ3v) is 12.0. The molecule has 292 valence electrons. The molecule has 0 saturated heterocycles. The van der Waals surface area contributed by atoms with Crippen molar-refractivity contribution in [3.63, 3.8) is 0 Å². The molecule has 0 fully saturated rings. The van der Waals surface area contributed by atoms with Crippen molar-refractivity contribution in [3.05, 3.63) is 231 Å². The van der Waals surface area contributed by atoms with E-state index in [1.807, 2.05) is 24.3 Å². The summed E-state index contributed by atoms with van der Waals surface area (Å²) in [6.45, 7) is 0. The molecule has 0 aliphatic rings. The van der Waals surface area contributed by atoms with Gasteiger partial charge >= 0.3 is 0 Å². The molecule has 0 aliphatic carbocycles. The van der Waals surface area contributed by atoms with Gasteiger partial charge in [-0.15, -0.1) is 0 Å². The van der Waals surface area contributed by atoms with Crippen molar-refractivity contribution >= 4 is 88.8 Å². The van der Waals surface area contributed by atoms with Crippen LogP contribution < -0.4 is 9.80 Å². The van der Waals surface area contributed by atoms with Crippen LogP contribution in [0, 0.1) is 0 Å². The first kappa shape index (κ1) is 35.6. The lowest BCUT2D eigenvalue weighted by molar-refractivity contribution is 0.668. The first-order chi connectivity index (χ1) is 30.7. The third-order valence-electron chi connectivity index (χ3n) is 12.0. The van der Waals surface area contributed by atoms with Crippen LogP contribution in [0.3, 0.4) is 0 Å². The van der Waals surface area contributed by atoms with Gasteiger partial charge < -0.3 is 18.6 Å². The van der Waals surface area contributed by atoms with E-state index in [0.29, 0.717) is 0 Å². The summed E-state index contributed by atoms with van der Waals surface area (Å²) in [6.07, 6.45) is 0. The maximum atomic E-state index is 6.29. The number of rotatable bonds is 8. The summed E-state index contributed by atoms with van der Waals surface area (Å²) in [5, 5.41) is 6.79. The minimum absolute atomic E-state index is 0.872. The van der Waals surface area contributed by atoms with Crippen molar-refractivity contribution in [3.8, 4) is 22.3 Å². The summed E-state index contributed by atoms with van der Waals surface area (Å²) in [5.41, 5.74) is 14.5. The summed E-state index contributed by atoms with van der Waals surface area (Å²) >= 11 is 0. The Kier molecular flexibility index (Phi) is 8.46. The van der Waals surface area contributed by atoms with Gasteiger partial charge in [-0.1, -0.05) is 133 Å². The lowest BCUT2D eigenvalue weighted by atomic mass is 9.95. The maximum absolute atomic E-state index is 6.29. The van der Waals surface area contributed by atoms with Crippen molar-refractivity contribution in [1.29, 1.82) is 0 Å². The number of furan rings is 2. The zero-order valence-electron chi connectivity index (χ0n) is 33.7. The van der Waals surface area contributed by atoms with E-state index in [0.717, 1.165) is 100 Å². The minimum Gasteiger partial charge on any atom is -0.456 e. The number of fused-ring (bicyclic) bond motifs is 7. The Bertz CT molecular complexity index is 3590. The highest BCUT2D eigenvalue weighted by molar-refractivity contribution is 6.08. The molecule has 0 saturated carbocycles. The van der Waals surface area contributed by atoms with Gasteiger partial charge in [-0.25, -0.2) is 0 Å². The molecule has 0 spiro atoms. The SMILES string of the molecule is c1ccc(-c2cc(-c3ccc(N(c4ccccc4)c4ccc5oc6ccccc6c5c4)cc3)ccc2N(c2ccc3ccccc3c2)c2ccc3oc4ccccc4c3c2)cc1. The summed E-state index contributed by atoms with van der Waals surface area (Å²) < 4.78 is 12.5. The van der Waals surface area contributed by atoms with Crippen molar-refractivity contribution in [2.75, 3.05) is 9.80 Å². The van der Waals surface area contributed by atoms with Gasteiger partial charge in [0.2, 0.25) is 0 Å². The molecule has 2 aromatic heterocycles. The molecule has 0 radical (unpaired) electrons. The predicted molar refractivity (Wildman–Crippen MR) is 259 cm³/mol. The molecule has 0 N–H and O–H groups in total. The largest absolute Gasteiger partial charge is 0.456 e. The molecule has 0 unspecified atom stereocenters. The zero-order valence-corrected chi connectivity index (χ0v) is 33.7. The Morgan fingerprint density at radius 3 is 1.42 bits per heavy atom. The van der Waals surface area contributed by atoms with Crippen LogP contribution in [-0.2, 0) is 0 Å². The fourth-order valence-corrected chi connectivity index (χ4v) is 9.04. The van der Waals surface area contributed by atoms with Gasteiger partial charge in [0, 0.05) is 55.5 Å². The highest BCUT2D eigenvalue weighted by Crippen LogP contribution is 2.46. The number of hydrogen-bond donors (Lipinski definition) is 0. The van der Waals surface area contributed by atoms with E-state index < -0.39 is 0 Å². The van der Waals surface area contributed by atoms with Gasteiger partial charge in [-0.05, 0) is 125 Å². The number of hydrogen-bond acceptors (Lipinski definition) is 4. The van der Waals surface area contributed by atoms with E-state index in [9.17, 15) is 0 Å². The van der Waals surface area contributed by atoms with Crippen molar-refractivity contribution < 1.29 is 8.83 Å². The average molecular weight is 795 g/mol. The second kappa shape index (κ2) is 14.7. The van der Waals surface area contributed by atoms with E-state index >= 15 is 0 Å². The standard InChI is InChI=1S/C58H38N2O2/c1-3-14-41(15-4-1)51-36-43(40-23-27-45(28-24-40)59(44-17-5-2-6-18-44)47-30-33-57-52(37-47)49-19-9-11-21-55(49)61-57)26-32-54(51)60(46-29-25-39-13-7-8-16-42(39)35-46)48-31-34-58-53(38-48)50-20-10-12-22-56(50)62-58/h1-38H. The second-order valence-corrected chi connectivity index (χ2v) is 15.7. The molecule has 12 aromatic rings. The van der Waals surface area contributed by atoms with Crippen molar-refractivity contribution in [1.82, 2.24) is 0 Å². The highest BCUT2D eigenvalue weighted by atomic mass is 16.3. The number of para-hydroxylation sites is 3. The second-order valence-electron chi connectivity index (χ2n) is 15.7. The normalized spacial score (nSPS) is 11.5. The van der Waals surface area contributed by atoms with Gasteiger partial charge in [0.05, 0.1) is 5.69 Å². The van der Waals surface area contributed by atoms with Crippen molar-refractivity contribution in [2.24, 2.45) is 0 Å². The summed E-state index contributed by atoms with van der Waals surface area (Å²) in [7, 11) is 0. The Morgan fingerprint density at radius 1 is 0.258 bits per heavy atom. The van der Waals surface area contributed by atoms with E-state index in [4.69, 9.17) is 8.83 Å². The van der Waals surface area contributed by atoms with Gasteiger partial charge in [0.25, 0.3) is 0 Å². The van der Waals surface area contributed by atoms with Gasteiger partial charge in [-0.3, -0.25) is 0 Å². The zero-order chi connectivity index (χ0) is 41.0. The minimum atomic E-state index is 0.872. The van der Waals surface area contributed by atoms with Gasteiger partial charge in [0.1, 0.15) is 22.3 Å². The molecule has 0 aliphatic heterocycles. The first-order valence-electron chi connectivity index (χ1n) is 21.0. The Labute approximate surface area is 358 Å². The number of nitrogens with zero attached hydrogens (tertiary/aromatic N) is 2. The molecule has 4 heteroatoms. The number of benzene rings is 10. The molecule has 10 aromatic carbocycles. The molecule has 0 amide bonds. The molecule has 4 nitrogen and oxygen atoms in total. The Hall–Kier alpha value is -8.34. The van der Waals surface area contributed by atoms with Crippen LogP contribution in [0.2, 0.25) is 0 Å². The summed E-state index contributed by atoms with van der Waals surface area (Å²) in [6, 6.07) is 81.9. The molecule has 0 atom stereocenters. The van der Waals surface area contributed by atoms with Crippen LogP contribution in [0.4, 0.5) is 34.1 Å². The van der Waals surface area contributed by atoms with Crippen LogP contribution in [0.15, 0.2) is 239 Å². The smallest absolute Gasteiger partial charge is 0.135 e.